The molecule has 0 aliphatic carbocycles. The Morgan fingerprint density at radius 1 is 0.929 bits per heavy atom. The zero-order chi connectivity index (χ0) is 19.9. The van der Waals surface area contributed by atoms with Crippen LogP contribution < -0.4 is 19.5 Å². The van der Waals surface area contributed by atoms with E-state index in [-0.39, 0.29) is 5.91 Å². The molecule has 0 spiro atoms. The van der Waals surface area contributed by atoms with Crippen LogP contribution in [0.15, 0.2) is 54.6 Å². The van der Waals surface area contributed by atoms with Crippen LogP contribution in [-0.2, 0) is 0 Å². The molecule has 0 fully saturated rings. The third-order valence-electron chi connectivity index (χ3n) is 4.03. The van der Waals surface area contributed by atoms with Gasteiger partial charge in [-0.1, -0.05) is 18.2 Å². The van der Waals surface area contributed by atoms with Crippen molar-refractivity contribution < 1.29 is 19.0 Å². The van der Waals surface area contributed by atoms with Crippen molar-refractivity contribution in [2.24, 2.45) is 0 Å². The Labute approximate surface area is 163 Å². The fraction of sp³-hybridized carbons (Fsp3) is 0.190. The lowest BCUT2D eigenvalue weighted by Crippen LogP contribution is -2.14. The van der Waals surface area contributed by atoms with Crippen LogP contribution in [0.1, 0.15) is 17.3 Å². The van der Waals surface area contributed by atoms with Crippen LogP contribution in [0.3, 0.4) is 0 Å². The summed E-state index contributed by atoms with van der Waals surface area (Å²) in [5.41, 5.74) is 2.57. The molecule has 0 radical (unpaired) electrons. The van der Waals surface area contributed by atoms with Gasteiger partial charge in [-0.2, -0.15) is 0 Å². The first-order valence-corrected chi connectivity index (χ1v) is 8.75. The molecule has 0 bridgehead atoms. The summed E-state index contributed by atoms with van der Waals surface area (Å²) >= 11 is 0. The van der Waals surface area contributed by atoms with Gasteiger partial charge in [-0.3, -0.25) is 4.79 Å². The van der Waals surface area contributed by atoms with Crippen molar-refractivity contribution in [3.8, 4) is 28.6 Å². The number of anilines is 1. The molecule has 1 heterocycles. The van der Waals surface area contributed by atoms with Gasteiger partial charge >= 0.3 is 0 Å². The first-order chi connectivity index (χ1) is 13.7. The van der Waals surface area contributed by atoms with Crippen LogP contribution in [0.4, 0.5) is 5.69 Å². The van der Waals surface area contributed by atoms with Crippen molar-refractivity contribution in [1.82, 2.24) is 10.2 Å². The van der Waals surface area contributed by atoms with E-state index >= 15 is 0 Å². The van der Waals surface area contributed by atoms with Crippen LogP contribution >= 0.6 is 0 Å². The summed E-state index contributed by atoms with van der Waals surface area (Å²) < 4.78 is 15.9. The fourth-order valence-electron chi connectivity index (χ4n) is 2.69. The largest absolute Gasteiger partial charge is 0.496 e. The Bertz CT molecular complexity index is 919. The molecule has 1 aromatic heterocycles. The summed E-state index contributed by atoms with van der Waals surface area (Å²) in [6.45, 7) is 2.43. The van der Waals surface area contributed by atoms with Crippen LogP contribution in [0.2, 0.25) is 0 Å². The SMILES string of the molecule is CCOc1ccc(-c2ccc(NC(=O)c3c(OC)cccc3OC)cc2)nn1. The quantitative estimate of drug-likeness (QED) is 0.672. The third-order valence-corrected chi connectivity index (χ3v) is 4.03. The summed E-state index contributed by atoms with van der Waals surface area (Å²) in [6.07, 6.45) is 0. The molecule has 7 nitrogen and oxygen atoms in total. The minimum atomic E-state index is -0.317. The van der Waals surface area contributed by atoms with Crippen molar-refractivity contribution in [2.45, 2.75) is 6.92 Å². The van der Waals surface area contributed by atoms with E-state index in [9.17, 15) is 4.79 Å². The molecule has 0 saturated carbocycles. The molecule has 1 amide bonds. The summed E-state index contributed by atoms with van der Waals surface area (Å²) in [5, 5.41) is 11.0. The zero-order valence-electron chi connectivity index (χ0n) is 15.9. The van der Waals surface area contributed by atoms with Gasteiger partial charge in [0.05, 0.1) is 26.5 Å². The fourth-order valence-corrected chi connectivity index (χ4v) is 2.69. The lowest BCUT2D eigenvalue weighted by Gasteiger charge is -2.13. The number of aromatic nitrogens is 2. The zero-order valence-corrected chi connectivity index (χ0v) is 15.9. The molecule has 0 unspecified atom stereocenters. The van der Waals surface area contributed by atoms with E-state index in [4.69, 9.17) is 14.2 Å². The normalized spacial score (nSPS) is 10.2. The average molecular weight is 379 g/mol. The van der Waals surface area contributed by atoms with E-state index in [0.29, 0.717) is 40.9 Å². The van der Waals surface area contributed by atoms with Crippen molar-refractivity contribution in [3.63, 3.8) is 0 Å². The number of rotatable bonds is 7. The first-order valence-electron chi connectivity index (χ1n) is 8.75. The number of hydrogen-bond acceptors (Lipinski definition) is 6. The highest BCUT2D eigenvalue weighted by atomic mass is 16.5. The van der Waals surface area contributed by atoms with Gasteiger partial charge < -0.3 is 19.5 Å². The average Bonchev–Trinajstić information content (AvgIpc) is 2.74. The number of methoxy groups -OCH3 is 2. The number of hydrogen-bond donors (Lipinski definition) is 1. The Hall–Kier alpha value is -3.61. The van der Waals surface area contributed by atoms with Crippen molar-refractivity contribution in [2.75, 3.05) is 26.1 Å². The van der Waals surface area contributed by atoms with Crippen molar-refractivity contribution in [1.29, 1.82) is 0 Å². The van der Waals surface area contributed by atoms with Gasteiger partial charge in [0, 0.05) is 17.3 Å². The van der Waals surface area contributed by atoms with Crippen LogP contribution in [0.5, 0.6) is 17.4 Å². The Balaban J connectivity index is 1.77. The smallest absolute Gasteiger partial charge is 0.263 e. The molecule has 1 N–H and O–H groups in total. The maximum atomic E-state index is 12.7. The van der Waals surface area contributed by atoms with E-state index in [0.717, 1.165) is 5.56 Å². The Morgan fingerprint density at radius 2 is 1.61 bits per heavy atom. The maximum Gasteiger partial charge on any atom is 0.263 e. The summed E-state index contributed by atoms with van der Waals surface area (Å²) in [5.74, 6) is 1.06. The number of carbonyl (C=O) groups is 1. The number of nitrogens with zero attached hydrogens (tertiary/aromatic N) is 2. The van der Waals surface area contributed by atoms with Gasteiger partial charge in [-0.15, -0.1) is 10.2 Å². The second-order valence-corrected chi connectivity index (χ2v) is 5.76. The maximum absolute atomic E-state index is 12.7. The topological polar surface area (TPSA) is 82.6 Å². The van der Waals surface area contributed by atoms with E-state index in [1.54, 1.807) is 36.4 Å². The standard InChI is InChI=1S/C21H21N3O4/c1-4-28-19-13-12-16(23-24-19)14-8-10-15(11-9-14)22-21(25)20-17(26-2)6-5-7-18(20)27-3/h5-13H,4H2,1-3H3,(H,22,25). The summed E-state index contributed by atoms with van der Waals surface area (Å²) in [4.78, 5) is 12.7. The van der Waals surface area contributed by atoms with Gasteiger partial charge in [-0.05, 0) is 37.3 Å². The molecule has 3 aromatic rings. The number of nitrogens with one attached hydrogen (secondary N) is 1. The number of carbonyl (C=O) groups excluding carboxylic acids is 1. The second-order valence-electron chi connectivity index (χ2n) is 5.76. The van der Waals surface area contributed by atoms with Crippen molar-refractivity contribution >= 4 is 11.6 Å². The van der Waals surface area contributed by atoms with E-state index in [1.165, 1.54) is 14.2 Å². The molecule has 0 saturated heterocycles. The predicted octanol–water partition coefficient (Wildman–Crippen LogP) is 3.81. The molecule has 7 heteroatoms. The molecular weight excluding hydrogens is 358 g/mol. The lowest BCUT2D eigenvalue weighted by atomic mass is 10.1. The highest BCUT2D eigenvalue weighted by Gasteiger charge is 2.18. The highest BCUT2D eigenvalue weighted by Crippen LogP contribution is 2.29. The van der Waals surface area contributed by atoms with E-state index in [1.807, 2.05) is 25.1 Å². The van der Waals surface area contributed by atoms with Gasteiger partial charge in [0.25, 0.3) is 5.91 Å². The lowest BCUT2D eigenvalue weighted by molar-refractivity contribution is 0.102. The third kappa shape index (κ3) is 4.20. The summed E-state index contributed by atoms with van der Waals surface area (Å²) in [7, 11) is 3.02. The second kappa shape index (κ2) is 8.85. The van der Waals surface area contributed by atoms with Gasteiger partial charge in [0.1, 0.15) is 17.1 Å². The van der Waals surface area contributed by atoms with Crippen LogP contribution in [-0.4, -0.2) is 36.9 Å². The minimum absolute atomic E-state index is 0.317. The molecular formula is C21H21N3O4. The van der Waals surface area contributed by atoms with Crippen LogP contribution in [0, 0.1) is 0 Å². The molecule has 0 atom stereocenters. The monoisotopic (exact) mass is 379 g/mol. The van der Waals surface area contributed by atoms with E-state index < -0.39 is 0 Å². The van der Waals surface area contributed by atoms with Gasteiger partial charge in [-0.25, -0.2) is 0 Å². The Kier molecular flexibility index (Phi) is 6.06. The predicted molar refractivity (Wildman–Crippen MR) is 106 cm³/mol. The highest BCUT2D eigenvalue weighted by molar-refractivity contribution is 6.08. The van der Waals surface area contributed by atoms with Crippen LogP contribution in [0.25, 0.3) is 11.3 Å². The molecule has 28 heavy (non-hydrogen) atoms. The number of benzene rings is 2. The van der Waals surface area contributed by atoms with Gasteiger partial charge in [0.2, 0.25) is 5.88 Å². The number of amides is 1. The first kappa shape index (κ1) is 19.2. The molecule has 0 aliphatic heterocycles. The van der Waals surface area contributed by atoms with Gasteiger partial charge in [0.15, 0.2) is 0 Å². The van der Waals surface area contributed by atoms with E-state index in [2.05, 4.69) is 15.5 Å². The number of ether oxygens (including phenoxy) is 3. The summed E-state index contributed by atoms with van der Waals surface area (Å²) in [6, 6.07) is 16.1. The molecule has 0 aliphatic rings. The Morgan fingerprint density at radius 3 is 2.14 bits per heavy atom. The van der Waals surface area contributed by atoms with Crippen molar-refractivity contribution in [3.05, 3.63) is 60.2 Å². The molecule has 3 rings (SSSR count). The molecule has 144 valence electrons. The minimum Gasteiger partial charge on any atom is -0.496 e. The molecule has 2 aromatic carbocycles.